The second-order valence-electron chi connectivity index (χ2n) is 9.29. The predicted octanol–water partition coefficient (Wildman–Crippen LogP) is 1.86. The largest absolute Gasteiger partial charge is 0.381 e. The number of nitrogens with one attached hydrogen (secondary N) is 2. The molecule has 0 saturated carbocycles. The van der Waals surface area contributed by atoms with Crippen LogP contribution in [0, 0.1) is 5.92 Å². The standard InChI is InChI=1S/C24H40N6O2/c1-3-25-24(28-22-5-9-29(10-6-22)17-21-7-12-31-18-21)27-15-20-4-8-26-23(14-20)30-11-13-32-19(2)16-30/h4,8,14,19,21-22H,3,5-7,9-13,15-18H2,1-2H3,(H2,25,27,28). The minimum Gasteiger partial charge on any atom is -0.381 e. The molecule has 1 aromatic rings. The van der Waals surface area contributed by atoms with Crippen LogP contribution in [0.2, 0.25) is 0 Å². The predicted molar refractivity (Wildman–Crippen MR) is 128 cm³/mol. The highest BCUT2D eigenvalue weighted by Gasteiger charge is 2.24. The summed E-state index contributed by atoms with van der Waals surface area (Å²) < 4.78 is 11.2. The van der Waals surface area contributed by atoms with Crippen LogP contribution in [-0.4, -0.2) is 87.1 Å². The minimum absolute atomic E-state index is 0.245. The van der Waals surface area contributed by atoms with Gasteiger partial charge in [-0.25, -0.2) is 9.98 Å². The van der Waals surface area contributed by atoms with Crippen molar-refractivity contribution in [3.8, 4) is 0 Å². The van der Waals surface area contributed by atoms with Gasteiger partial charge in [-0.3, -0.25) is 0 Å². The number of hydrogen-bond acceptors (Lipinski definition) is 6. The number of ether oxygens (including phenoxy) is 2. The molecule has 2 N–H and O–H groups in total. The number of anilines is 1. The van der Waals surface area contributed by atoms with Crippen molar-refractivity contribution in [3.05, 3.63) is 23.9 Å². The molecule has 0 aromatic carbocycles. The van der Waals surface area contributed by atoms with Gasteiger partial charge in [-0.2, -0.15) is 0 Å². The Morgan fingerprint density at radius 1 is 1.22 bits per heavy atom. The van der Waals surface area contributed by atoms with Crippen LogP contribution in [0.5, 0.6) is 0 Å². The fraction of sp³-hybridized carbons (Fsp3) is 0.750. The highest BCUT2D eigenvalue weighted by Crippen LogP contribution is 2.19. The second-order valence-corrected chi connectivity index (χ2v) is 9.29. The topological polar surface area (TPSA) is 74.2 Å². The Morgan fingerprint density at radius 3 is 2.84 bits per heavy atom. The molecule has 178 valence electrons. The summed E-state index contributed by atoms with van der Waals surface area (Å²) in [6.45, 7) is 13.6. The molecule has 0 radical (unpaired) electrons. The summed E-state index contributed by atoms with van der Waals surface area (Å²) in [5.41, 5.74) is 1.18. The summed E-state index contributed by atoms with van der Waals surface area (Å²) >= 11 is 0. The highest BCUT2D eigenvalue weighted by atomic mass is 16.5. The van der Waals surface area contributed by atoms with Gasteiger partial charge < -0.3 is 29.9 Å². The number of piperidine rings is 1. The second kappa shape index (κ2) is 11.8. The van der Waals surface area contributed by atoms with Gasteiger partial charge in [0.25, 0.3) is 0 Å². The first-order chi connectivity index (χ1) is 15.7. The van der Waals surface area contributed by atoms with Crippen LogP contribution >= 0.6 is 0 Å². The molecule has 32 heavy (non-hydrogen) atoms. The molecule has 0 amide bonds. The first-order valence-electron chi connectivity index (χ1n) is 12.4. The smallest absolute Gasteiger partial charge is 0.191 e. The number of likely N-dealkylation sites (tertiary alicyclic amines) is 1. The van der Waals surface area contributed by atoms with Gasteiger partial charge in [0.1, 0.15) is 5.82 Å². The molecule has 4 heterocycles. The van der Waals surface area contributed by atoms with E-state index in [1.54, 1.807) is 0 Å². The van der Waals surface area contributed by atoms with E-state index in [-0.39, 0.29) is 6.10 Å². The molecular formula is C24H40N6O2. The molecular weight excluding hydrogens is 404 g/mol. The summed E-state index contributed by atoms with van der Waals surface area (Å²) in [5, 5.41) is 7.09. The van der Waals surface area contributed by atoms with E-state index in [0.29, 0.717) is 12.6 Å². The fourth-order valence-electron chi connectivity index (χ4n) is 4.79. The van der Waals surface area contributed by atoms with Crippen LogP contribution in [0.15, 0.2) is 23.3 Å². The number of hydrogen-bond donors (Lipinski definition) is 2. The normalized spacial score (nSPS) is 25.8. The molecule has 8 nitrogen and oxygen atoms in total. The van der Waals surface area contributed by atoms with Gasteiger partial charge in [0.05, 0.1) is 25.9 Å². The molecule has 4 rings (SSSR count). The van der Waals surface area contributed by atoms with Crippen molar-refractivity contribution in [2.24, 2.45) is 10.9 Å². The SMILES string of the molecule is CCNC(=NCc1ccnc(N2CCOC(C)C2)c1)NC1CCN(CC2CCOC2)CC1. The molecule has 0 spiro atoms. The lowest BCUT2D eigenvalue weighted by Gasteiger charge is -2.34. The zero-order valence-corrected chi connectivity index (χ0v) is 19.8. The highest BCUT2D eigenvalue weighted by molar-refractivity contribution is 5.80. The average molecular weight is 445 g/mol. The maximum atomic E-state index is 5.66. The molecule has 2 unspecified atom stereocenters. The zero-order valence-electron chi connectivity index (χ0n) is 19.8. The number of pyridine rings is 1. The summed E-state index contributed by atoms with van der Waals surface area (Å²) in [5.74, 6) is 2.66. The number of guanidine groups is 1. The Balaban J connectivity index is 1.28. The van der Waals surface area contributed by atoms with Gasteiger partial charge in [0.15, 0.2) is 5.96 Å². The lowest BCUT2D eigenvalue weighted by atomic mass is 10.0. The first kappa shape index (κ1) is 23.3. The third kappa shape index (κ3) is 6.80. The lowest BCUT2D eigenvalue weighted by Crippen LogP contribution is -2.49. The lowest BCUT2D eigenvalue weighted by molar-refractivity contribution is 0.0529. The monoisotopic (exact) mass is 444 g/mol. The Hall–Kier alpha value is -1.90. The van der Waals surface area contributed by atoms with E-state index in [1.807, 2.05) is 6.20 Å². The summed E-state index contributed by atoms with van der Waals surface area (Å²) in [4.78, 5) is 14.4. The molecule has 3 aliphatic rings. The van der Waals surface area contributed by atoms with Gasteiger partial charge in [-0.05, 0) is 56.7 Å². The van der Waals surface area contributed by atoms with Crippen LogP contribution < -0.4 is 15.5 Å². The Kier molecular flexibility index (Phi) is 8.59. The molecule has 8 heteroatoms. The van der Waals surface area contributed by atoms with Crippen molar-refractivity contribution in [1.82, 2.24) is 20.5 Å². The van der Waals surface area contributed by atoms with E-state index in [0.717, 1.165) is 83.1 Å². The van der Waals surface area contributed by atoms with Crippen LogP contribution in [-0.2, 0) is 16.0 Å². The molecule has 1 aromatic heterocycles. The first-order valence-corrected chi connectivity index (χ1v) is 12.4. The number of rotatable bonds is 7. The summed E-state index contributed by atoms with van der Waals surface area (Å²) in [7, 11) is 0. The van der Waals surface area contributed by atoms with Crippen molar-refractivity contribution >= 4 is 11.8 Å². The van der Waals surface area contributed by atoms with Gasteiger partial charge in [-0.1, -0.05) is 0 Å². The number of aliphatic imine (C=N–C) groups is 1. The minimum atomic E-state index is 0.245. The van der Waals surface area contributed by atoms with Crippen LogP contribution in [0.4, 0.5) is 5.82 Å². The molecule has 0 aliphatic carbocycles. The summed E-state index contributed by atoms with van der Waals surface area (Å²) in [6, 6.07) is 4.70. The van der Waals surface area contributed by atoms with Crippen LogP contribution in [0.3, 0.4) is 0 Å². The van der Waals surface area contributed by atoms with E-state index < -0.39 is 0 Å². The van der Waals surface area contributed by atoms with E-state index in [1.165, 1.54) is 18.5 Å². The van der Waals surface area contributed by atoms with E-state index in [4.69, 9.17) is 14.5 Å². The molecule has 0 bridgehead atoms. The van der Waals surface area contributed by atoms with Crippen molar-refractivity contribution in [3.63, 3.8) is 0 Å². The van der Waals surface area contributed by atoms with Crippen molar-refractivity contribution in [2.45, 2.75) is 51.8 Å². The van der Waals surface area contributed by atoms with E-state index >= 15 is 0 Å². The van der Waals surface area contributed by atoms with Crippen molar-refractivity contribution < 1.29 is 9.47 Å². The maximum absolute atomic E-state index is 5.66. The van der Waals surface area contributed by atoms with Gasteiger partial charge in [0.2, 0.25) is 0 Å². The van der Waals surface area contributed by atoms with Gasteiger partial charge in [-0.15, -0.1) is 0 Å². The quantitative estimate of drug-likeness (QED) is 0.491. The Labute approximate surface area is 192 Å². The third-order valence-electron chi connectivity index (χ3n) is 6.61. The van der Waals surface area contributed by atoms with Crippen LogP contribution in [0.25, 0.3) is 0 Å². The Bertz CT molecular complexity index is 731. The molecule has 2 atom stereocenters. The van der Waals surface area contributed by atoms with Gasteiger partial charge in [0, 0.05) is 58.1 Å². The maximum Gasteiger partial charge on any atom is 0.191 e. The Morgan fingerprint density at radius 2 is 2.09 bits per heavy atom. The molecule has 3 saturated heterocycles. The van der Waals surface area contributed by atoms with Crippen LogP contribution in [0.1, 0.15) is 38.7 Å². The zero-order chi connectivity index (χ0) is 22.2. The number of aromatic nitrogens is 1. The molecule has 3 fully saturated rings. The van der Waals surface area contributed by atoms with Crippen molar-refractivity contribution in [2.75, 3.05) is 64.0 Å². The average Bonchev–Trinajstić information content (AvgIpc) is 3.32. The van der Waals surface area contributed by atoms with Crippen molar-refractivity contribution in [1.29, 1.82) is 0 Å². The third-order valence-corrected chi connectivity index (χ3v) is 6.61. The fourth-order valence-corrected chi connectivity index (χ4v) is 4.79. The van der Waals surface area contributed by atoms with E-state index in [9.17, 15) is 0 Å². The van der Waals surface area contributed by atoms with E-state index in [2.05, 4.69) is 51.4 Å². The summed E-state index contributed by atoms with van der Waals surface area (Å²) in [6.07, 6.45) is 5.68. The van der Waals surface area contributed by atoms with Gasteiger partial charge >= 0.3 is 0 Å². The number of morpholine rings is 1. The number of nitrogens with zero attached hydrogens (tertiary/aromatic N) is 4. The molecule has 3 aliphatic heterocycles.